The Balaban J connectivity index is 1.24. The average Bonchev–Trinajstić information content (AvgIpc) is 3.88. The quantitative estimate of drug-likeness (QED) is 0.0539. The van der Waals surface area contributed by atoms with Crippen molar-refractivity contribution in [3.8, 4) is 11.5 Å². The van der Waals surface area contributed by atoms with Crippen molar-refractivity contribution in [3.63, 3.8) is 0 Å². The van der Waals surface area contributed by atoms with Gasteiger partial charge < -0.3 is 29.2 Å². The van der Waals surface area contributed by atoms with Crippen molar-refractivity contribution in [1.82, 2.24) is 0 Å². The first-order chi connectivity index (χ1) is 26.5. The molecular weight excluding hydrogens is 821 g/mol. The highest BCUT2D eigenvalue weighted by Gasteiger charge is 2.23. The molecule has 0 radical (unpaired) electrons. The number of carboxylic acid groups (broad SMARTS) is 2. The monoisotopic (exact) mass is 868 g/mol. The van der Waals surface area contributed by atoms with Crippen LogP contribution in [-0.4, -0.2) is 115 Å². The third kappa shape index (κ3) is 18.1. The van der Waals surface area contributed by atoms with E-state index in [0.717, 1.165) is 35.5 Å². The Morgan fingerprint density at radius 1 is 0.636 bits per heavy atom. The molecule has 2 saturated heterocycles. The Bertz CT molecular complexity index is 1440. The van der Waals surface area contributed by atoms with E-state index in [0.29, 0.717) is 38.6 Å². The molecule has 2 aliphatic heterocycles. The van der Waals surface area contributed by atoms with Crippen LogP contribution in [-0.2, 0) is 35.1 Å². The molecule has 2 N–H and O–H groups in total. The van der Waals surface area contributed by atoms with E-state index in [4.69, 9.17) is 29.2 Å². The summed E-state index contributed by atoms with van der Waals surface area (Å²) in [6, 6.07) is 15.4. The van der Waals surface area contributed by atoms with Crippen molar-refractivity contribution >= 4 is 94.4 Å². The van der Waals surface area contributed by atoms with Gasteiger partial charge in [0.25, 0.3) is 0 Å². The largest absolute Gasteiger partial charge is 0.490 e. The van der Waals surface area contributed by atoms with E-state index >= 15 is 0 Å². The Hall–Kier alpha value is -2.50. The smallest absolute Gasteiger partial charge is 0.334 e. The van der Waals surface area contributed by atoms with Crippen molar-refractivity contribution in [2.75, 3.05) is 59.2 Å². The van der Waals surface area contributed by atoms with Crippen LogP contribution >= 0.6 is 70.6 Å². The van der Waals surface area contributed by atoms with Crippen LogP contribution in [0.15, 0.2) is 72.8 Å². The number of hydrogen-bond acceptors (Lipinski definition) is 14. The number of ether oxygens (including phenoxy) is 4. The van der Waals surface area contributed by atoms with Crippen molar-refractivity contribution in [2.45, 2.75) is 53.5 Å². The lowest BCUT2D eigenvalue weighted by molar-refractivity contribution is -0.147. The predicted octanol–water partition coefficient (Wildman–Crippen LogP) is 7.78. The molecule has 16 heteroatoms. The minimum absolute atomic E-state index is 0.102. The molecule has 0 bridgehead atoms. The van der Waals surface area contributed by atoms with Gasteiger partial charge in [0.05, 0.1) is 22.0 Å². The third-order valence-electron chi connectivity index (χ3n) is 7.97. The van der Waals surface area contributed by atoms with Crippen LogP contribution in [0.3, 0.4) is 0 Å². The van der Waals surface area contributed by atoms with Gasteiger partial charge in [0.2, 0.25) is 0 Å². The average molecular weight is 869 g/mol. The summed E-state index contributed by atoms with van der Waals surface area (Å²) in [5, 5.41) is 18.1. The Morgan fingerprint density at radius 3 is 1.35 bits per heavy atom. The molecule has 0 aliphatic carbocycles. The lowest BCUT2D eigenvalue weighted by Gasteiger charge is -2.19. The summed E-state index contributed by atoms with van der Waals surface area (Å²) in [7, 11) is 0. The number of esters is 2. The number of hydrogen-bond donors (Lipinski definition) is 2. The van der Waals surface area contributed by atoms with Crippen molar-refractivity contribution in [3.05, 3.63) is 84.0 Å². The zero-order chi connectivity index (χ0) is 39.4. The molecule has 2 unspecified atom stereocenters. The second-order valence-corrected chi connectivity index (χ2v) is 20.7. The molecule has 4 rings (SSSR count). The summed E-state index contributed by atoms with van der Waals surface area (Å²) >= 11 is 11.3. The fourth-order valence-electron chi connectivity index (χ4n) is 5.17. The van der Waals surface area contributed by atoms with Gasteiger partial charge >= 0.3 is 23.9 Å². The zero-order valence-electron chi connectivity index (χ0n) is 30.6. The van der Waals surface area contributed by atoms with E-state index in [1.54, 1.807) is 23.5 Å². The molecule has 2 aliphatic rings. The van der Waals surface area contributed by atoms with Crippen LogP contribution < -0.4 is 9.47 Å². The number of rotatable bonds is 26. The van der Waals surface area contributed by atoms with E-state index < -0.39 is 48.9 Å². The lowest BCUT2D eigenvalue weighted by Crippen LogP contribution is -2.28. The Kier molecular flexibility index (Phi) is 20.5. The van der Waals surface area contributed by atoms with Crippen LogP contribution in [0.25, 0.3) is 0 Å². The number of carbonyl (C=O) groups is 4. The molecule has 10 nitrogen and oxygen atoms in total. The highest BCUT2D eigenvalue weighted by Crippen LogP contribution is 2.36. The number of carboxylic acids is 2. The maximum absolute atomic E-state index is 12.5. The van der Waals surface area contributed by atoms with Gasteiger partial charge in [-0.3, -0.25) is 9.59 Å². The van der Waals surface area contributed by atoms with Crippen molar-refractivity contribution in [1.29, 1.82) is 0 Å². The van der Waals surface area contributed by atoms with Gasteiger partial charge in [0, 0.05) is 45.7 Å². The summed E-state index contributed by atoms with van der Waals surface area (Å²) in [6.45, 7) is 7.40. The fraction of sp³-hybridized carbons (Fsp3) is 0.487. The molecule has 0 saturated carbocycles. The fourth-order valence-corrected chi connectivity index (χ4v) is 13.4. The van der Waals surface area contributed by atoms with Gasteiger partial charge in [-0.2, -0.15) is 23.5 Å². The van der Waals surface area contributed by atoms with E-state index in [1.165, 1.54) is 23.0 Å². The molecule has 0 spiro atoms. The van der Waals surface area contributed by atoms with Crippen LogP contribution in [0.5, 0.6) is 11.5 Å². The van der Waals surface area contributed by atoms with E-state index in [9.17, 15) is 19.2 Å². The van der Waals surface area contributed by atoms with Crippen molar-refractivity contribution < 1.29 is 48.3 Å². The first-order valence-electron chi connectivity index (χ1n) is 17.8. The minimum Gasteiger partial charge on any atom is -0.490 e. The molecule has 2 atom stereocenters. The SMILES string of the molecule is C=C(CC(=O)O)C(=O)OC(COc1ccc(Cc2ccc(OCC(CSCCC3SCCS3)OC(=O)C(=C)CC(=O)O)cc2)cc1)CSCCC1SCCS1. The van der Waals surface area contributed by atoms with E-state index in [1.807, 2.05) is 95.6 Å². The number of aliphatic carboxylic acids is 2. The van der Waals surface area contributed by atoms with Crippen molar-refractivity contribution in [2.24, 2.45) is 0 Å². The normalized spacial score (nSPS) is 15.6. The van der Waals surface area contributed by atoms with Gasteiger partial charge in [0.1, 0.15) is 36.9 Å². The second kappa shape index (κ2) is 25.0. The van der Waals surface area contributed by atoms with E-state index in [-0.39, 0.29) is 24.4 Å². The summed E-state index contributed by atoms with van der Waals surface area (Å²) < 4.78 is 24.4. The summed E-state index contributed by atoms with van der Waals surface area (Å²) in [6.07, 6.45) is 0.716. The van der Waals surface area contributed by atoms with Gasteiger partial charge in [-0.15, -0.1) is 47.0 Å². The van der Waals surface area contributed by atoms with E-state index in [2.05, 4.69) is 13.2 Å². The number of benzene rings is 2. The molecule has 55 heavy (non-hydrogen) atoms. The lowest BCUT2D eigenvalue weighted by atomic mass is 10.0. The standard InChI is InChI=1S/C39H48O10S6/c1-26(19-34(40)41)38(44)48-32(24-50-13-11-36-52-15-16-53-36)22-46-30-7-3-28(4-8-30)21-29-5-9-31(10-6-29)47-23-33(49-39(45)27(2)20-35(42)43)25-51-14-12-37-54-17-18-55-37/h3-10,32-33,36-37H,1-2,11-25H2,(H,40,41)(H,42,43). The number of carbonyl (C=O) groups excluding carboxylic acids is 2. The first kappa shape index (κ1) is 45.2. The van der Waals surface area contributed by atoms with Gasteiger partial charge in [-0.25, -0.2) is 9.59 Å². The van der Waals surface area contributed by atoms with Crippen LogP contribution in [0.1, 0.15) is 36.8 Å². The maximum atomic E-state index is 12.5. The predicted molar refractivity (Wildman–Crippen MR) is 231 cm³/mol. The molecule has 0 amide bonds. The molecular formula is C39H48O10S6. The van der Waals surface area contributed by atoms with Crippen LogP contribution in [0.2, 0.25) is 0 Å². The van der Waals surface area contributed by atoms with Crippen LogP contribution in [0, 0.1) is 0 Å². The zero-order valence-corrected chi connectivity index (χ0v) is 35.5. The molecule has 2 fully saturated rings. The molecule has 300 valence electrons. The van der Waals surface area contributed by atoms with Crippen LogP contribution in [0.4, 0.5) is 0 Å². The van der Waals surface area contributed by atoms with Gasteiger partial charge in [-0.05, 0) is 66.2 Å². The molecule has 2 aromatic rings. The Morgan fingerprint density at radius 2 is 1.00 bits per heavy atom. The molecule has 2 aromatic carbocycles. The summed E-state index contributed by atoms with van der Waals surface area (Å²) in [5.41, 5.74) is 1.92. The summed E-state index contributed by atoms with van der Waals surface area (Å²) in [4.78, 5) is 47.1. The van der Waals surface area contributed by atoms with Gasteiger partial charge in [-0.1, -0.05) is 37.4 Å². The topological polar surface area (TPSA) is 146 Å². The minimum atomic E-state index is -1.14. The molecule has 2 heterocycles. The summed E-state index contributed by atoms with van der Waals surface area (Å²) in [5.74, 6) is 5.14. The first-order valence-corrected chi connectivity index (χ1v) is 24.3. The molecule has 0 aromatic heterocycles. The third-order valence-corrected chi connectivity index (χ3v) is 16.6. The Labute approximate surface area is 348 Å². The highest BCUT2D eigenvalue weighted by molar-refractivity contribution is 8.20. The highest BCUT2D eigenvalue weighted by atomic mass is 32.2. The number of thioether (sulfide) groups is 6. The second-order valence-electron chi connectivity index (χ2n) is 12.6. The maximum Gasteiger partial charge on any atom is 0.334 e. The van der Waals surface area contributed by atoms with Gasteiger partial charge in [0.15, 0.2) is 0 Å².